The minimum absolute atomic E-state index is 0.192. The van der Waals surface area contributed by atoms with Crippen LogP contribution >= 0.6 is 0 Å². The van der Waals surface area contributed by atoms with Gasteiger partial charge in [0.2, 0.25) is 6.17 Å². The number of nitrogens with one attached hydrogen (secondary N) is 2. The van der Waals surface area contributed by atoms with Crippen LogP contribution in [0.25, 0.3) is 0 Å². The summed E-state index contributed by atoms with van der Waals surface area (Å²) in [5.74, 6) is 1.58. The molecule has 196 valence electrons. The molecule has 0 unspecified atom stereocenters. The van der Waals surface area contributed by atoms with Crippen LogP contribution < -0.4 is 15.5 Å². The Morgan fingerprint density at radius 1 is 1.03 bits per heavy atom. The van der Waals surface area contributed by atoms with Gasteiger partial charge in [-0.3, -0.25) is 19.6 Å². The lowest BCUT2D eigenvalue weighted by Gasteiger charge is -2.32. The number of urea groups is 1. The number of aryl methyl sites for hydroxylation is 1. The van der Waals surface area contributed by atoms with Crippen LogP contribution in [0.1, 0.15) is 57.1 Å². The smallest absolute Gasteiger partial charge is 0.308 e. The Kier molecular flexibility index (Phi) is 7.60. The lowest BCUT2D eigenvalue weighted by molar-refractivity contribution is -0.120. The fourth-order valence-electron chi connectivity index (χ4n) is 6.02. The van der Waals surface area contributed by atoms with E-state index in [-0.39, 0.29) is 5.91 Å². The number of hydrogen-bond donors (Lipinski definition) is 2. The molecule has 2 bridgehead atoms. The number of carbonyl (C=O) groups excluding carboxylic acids is 2. The van der Waals surface area contributed by atoms with E-state index >= 15 is 0 Å². The topological polar surface area (TPSA) is 77.0 Å². The Balaban J connectivity index is 1.44. The minimum atomic E-state index is -0.991. The first kappa shape index (κ1) is 25.5. The average Bonchev–Trinajstić information content (AvgIpc) is 3.22. The van der Waals surface area contributed by atoms with E-state index in [2.05, 4.69) is 35.4 Å². The average molecular weight is 502 g/mol. The van der Waals surface area contributed by atoms with Gasteiger partial charge >= 0.3 is 6.03 Å². The summed E-state index contributed by atoms with van der Waals surface area (Å²) in [5, 5.41) is 5.75. The van der Waals surface area contributed by atoms with Gasteiger partial charge in [0, 0.05) is 30.1 Å². The van der Waals surface area contributed by atoms with Crippen molar-refractivity contribution in [2.75, 3.05) is 30.0 Å². The molecule has 3 heterocycles. The molecule has 3 amide bonds. The van der Waals surface area contributed by atoms with Gasteiger partial charge < -0.3 is 10.6 Å². The summed E-state index contributed by atoms with van der Waals surface area (Å²) < 4.78 is 0. The van der Waals surface area contributed by atoms with Crippen molar-refractivity contribution in [3.8, 4) is 0 Å². The number of fused-ring (bicyclic) bond motifs is 5. The number of amides is 3. The van der Waals surface area contributed by atoms with E-state index in [1.54, 1.807) is 0 Å². The van der Waals surface area contributed by atoms with E-state index in [0.29, 0.717) is 30.1 Å². The molecule has 2 N–H and O–H groups in total. The lowest BCUT2D eigenvalue weighted by Crippen LogP contribution is -2.52. The van der Waals surface area contributed by atoms with Gasteiger partial charge in [-0.2, -0.15) is 0 Å². The highest BCUT2D eigenvalue weighted by atomic mass is 16.2. The second-order valence-electron chi connectivity index (χ2n) is 11.4. The lowest BCUT2D eigenvalue weighted by atomic mass is 9.84. The summed E-state index contributed by atoms with van der Waals surface area (Å²) in [5.41, 5.74) is 4.45. The van der Waals surface area contributed by atoms with Crippen LogP contribution in [0.5, 0.6) is 0 Å². The maximum atomic E-state index is 14.1. The molecule has 7 heteroatoms. The zero-order chi connectivity index (χ0) is 25.9. The van der Waals surface area contributed by atoms with Crippen molar-refractivity contribution in [2.24, 2.45) is 22.7 Å². The molecule has 4 aliphatic rings. The molecular weight excluding hydrogens is 462 g/mol. The Morgan fingerprint density at radius 2 is 1.73 bits per heavy atom. The summed E-state index contributed by atoms with van der Waals surface area (Å²) in [6.07, 6.45) is 4.89. The maximum absolute atomic E-state index is 14.1. The molecule has 0 aromatic heterocycles. The largest absolute Gasteiger partial charge is 0.321 e. The first-order valence-electron chi connectivity index (χ1n) is 13.7. The van der Waals surface area contributed by atoms with Gasteiger partial charge in [0.05, 0.1) is 12.4 Å². The Labute approximate surface area is 220 Å². The first-order chi connectivity index (χ1) is 17.9. The third-order valence-electron chi connectivity index (χ3n) is 7.78. The summed E-state index contributed by atoms with van der Waals surface area (Å²) in [7, 11) is 0. The molecule has 1 aliphatic carbocycles. The summed E-state index contributed by atoms with van der Waals surface area (Å²) >= 11 is 0. The quantitative estimate of drug-likeness (QED) is 0.556. The van der Waals surface area contributed by atoms with Gasteiger partial charge in [-0.25, -0.2) is 4.79 Å². The Hall–Kier alpha value is -3.19. The van der Waals surface area contributed by atoms with Gasteiger partial charge in [0.15, 0.2) is 0 Å². The molecule has 2 saturated heterocycles. The zero-order valence-electron chi connectivity index (χ0n) is 22.2. The molecule has 2 aromatic rings. The highest BCUT2D eigenvalue weighted by molar-refractivity contribution is 6.13. The number of carbonyl (C=O) groups is 2. The first-order valence-corrected chi connectivity index (χ1v) is 13.7. The van der Waals surface area contributed by atoms with Crippen molar-refractivity contribution in [3.63, 3.8) is 0 Å². The summed E-state index contributed by atoms with van der Waals surface area (Å²) in [6, 6.07) is 15.2. The molecule has 6 rings (SSSR count). The highest BCUT2D eigenvalue weighted by Crippen LogP contribution is 2.35. The molecule has 1 saturated carbocycles. The van der Waals surface area contributed by atoms with Crippen LogP contribution in [0.2, 0.25) is 0 Å². The third-order valence-corrected chi connectivity index (χ3v) is 7.78. The Bertz CT molecular complexity index is 1150. The van der Waals surface area contributed by atoms with Crippen molar-refractivity contribution < 1.29 is 9.59 Å². The van der Waals surface area contributed by atoms with Gasteiger partial charge in [-0.05, 0) is 80.5 Å². The van der Waals surface area contributed by atoms with Crippen LogP contribution in [-0.2, 0) is 4.79 Å². The Morgan fingerprint density at radius 3 is 2.41 bits per heavy atom. The van der Waals surface area contributed by atoms with Crippen LogP contribution in [0.15, 0.2) is 53.5 Å². The van der Waals surface area contributed by atoms with Crippen molar-refractivity contribution in [1.82, 2.24) is 10.2 Å². The standard InChI is InChI=1S/C30H39N5O2/c1-20(2)15-26-25-9-4-5-10-27(25)35(19-34-17-22-11-12-23(18-34)14-13-22)29(36)28(32-26)33-30(37)31-24-8-6-7-21(3)16-24/h4-10,16,20,22-23,28H,11-15,17-19H2,1-3H3,(H2,31,33,37)/t22?,23?,28-/m0/s1. The molecule has 7 nitrogen and oxygen atoms in total. The highest BCUT2D eigenvalue weighted by Gasteiger charge is 2.36. The van der Waals surface area contributed by atoms with Crippen molar-refractivity contribution in [2.45, 2.75) is 59.0 Å². The molecular formula is C30H39N5O2. The maximum Gasteiger partial charge on any atom is 0.321 e. The van der Waals surface area contributed by atoms with E-state index in [1.807, 2.05) is 54.3 Å². The molecule has 3 fully saturated rings. The predicted octanol–water partition coefficient (Wildman–Crippen LogP) is 5.40. The van der Waals surface area contributed by atoms with E-state index in [9.17, 15) is 9.59 Å². The predicted molar refractivity (Wildman–Crippen MR) is 149 cm³/mol. The summed E-state index contributed by atoms with van der Waals surface area (Å²) in [4.78, 5) is 36.3. The molecule has 0 radical (unpaired) electrons. The van der Waals surface area contributed by atoms with Crippen LogP contribution in [-0.4, -0.2) is 48.5 Å². The number of aliphatic imine (C=N–C) groups is 1. The fraction of sp³-hybridized carbons (Fsp3) is 0.500. The SMILES string of the molecule is Cc1cccc(NC(=O)N[C@@H]2N=C(CC(C)C)c3ccccc3N(CN3CC4CCC(CC4)C3)C2=O)c1. The number of hydrogen-bond acceptors (Lipinski definition) is 4. The van der Waals surface area contributed by atoms with Gasteiger partial charge in [-0.1, -0.05) is 44.2 Å². The number of nitrogens with zero attached hydrogens (tertiary/aromatic N) is 3. The second kappa shape index (κ2) is 11.1. The molecule has 0 spiro atoms. The zero-order valence-corrected chi connectivity index (χ0v) is 22.2. The van der Waals surface area contributed by atoms with Gasteiger partial charge in [-0.15, -0.1) is 0 Å². The normalized spacial score (nSPS) is 23.8. The molecule has 3 aliphatic heterocycles. The van der Waals surface area contributed by atoms with E-state index in [0.717, 1.165) is 42.0 Å². The minimum Gasteiger partial charge on any atom is -0.308 e. The van der Waals surface area contributed by atoms with Crippen LogP contribution in [0, 0.1) is 24.7 Å². The van der Waals surface area contributed by atoms with Crippen molar-refractivity contribution in [1.29, 1.82) is 0 Å². The van der Waals surface area contributed by atoms with Crippen molar-refractivity contribution in [3.05, 3.63) is 59.7 Å². The molecule has 1 atom stereocenters. The third kappa shape index (κ3) is 6.04. The summed E-state index contributed by atoms with van der Waals surface area (Å²) in [6.45, 7) is 8.84. The number of rotatable bonds is 6. The number of benzodiazepines with no additional fused rings is 1. The van der Waals surface area contributed by atoms with Crippen LogP contribution in [0.3, 0.4) is 0 Å². The number of benzene rings is 2. The second-order valence-corrected chi connectivity index (χ2v) is 11.4. The monoisotopic (exact) mass is 501 g/mol. The van der Waals surface area contributed by atoms with Crippen LogP contribution in [0.4, 0.5) is 16.2 Å². The fourth-order valence-corrected chi connectivity index (χ4v) is 6.02. The van der Waals surface area contributed by atoms with Gasteiger partial charge in [0.25, 0.3) is 5.91 Å². The van der Waals surface area contributed by atoms with Gasteiger partial charge in [0.1, 0.15) is 0 Å². The van der Waals surface area contributed by atoms with Crippen molar-refractivity contribution >= 4 is 29.0 Å². The number of anilines is 2. The molecule has 2 aromatic carbocycles. The van der Waals surface area contributed by atoms with E-state index in [1.165, 1.54) is 25.7 Å². The molecule has 37 heavy (non-hydrogen) atoms. The van der Waals surface area contributed by atoms with E-state index in [4.69, 9.17) is 4.99 Å². The van der Waals surface area contributed by atoms with E-state index < -0.39 is 12.2 Å². The number of para-hydroxylation sites is 1.